The van der Waals surface area contributed by atoms with Crippen molar-refractivity contribution in [3.63, 3.8) is 0 Å². The molecule has 0 atom stereocenters. The fourth-order valence-corrected chi connectivity index (χ4v) is 2.89. The van der Waals surface area contributed by atoms with Gasteiger partial charge in [0, 0.05) is 29.5 Å². The number of hydrogen-bond donors (Lipinski definition) is 1. The maximum atomic E-state index is 6.35. The van der Waals surface area contributed by atoms with Crippen LogP contribution < -0.4 is 10.2 Å². The third-order valence-electron chi connectivity index (χ3n) is 3.60. The maximum Gasteiger partial charge on any atom is 0.0471 e. The first-order chi connectivity index (χ1) is 9.29. The first kappa shape index (κ1) is 12.5. The highest BCUT2D eigenvalue weighted by Crippen LogP contribution is 2.35. The highest BCUT2D eigenvalue weighted by atomic mass is 35.5. The van der Waals surface area contributed by atoms with E-state index >= 15 is 0 Å². The van der Waals surface area contributed by atoms with Crippen molar-refractivity contribution in [2.24, 2.45) is 0 Å². The van der Waals surface area contributed by atoms with Gasteiger partial charge >= 0.3 is 0 Å². The summed E-state index contributed by atoms with van der Waals surface area (Å²) < 4.78 is 0. The summed E-state index contributed by atoms with van der Waals surface area (Å²) in [7, 11) is 1.93. The summed E-state index contributed by atoms with van der Waals surface area (Å²) >= 11 is 6.35. The molecule has 3 rings (SSSR count). The number of nitrogens with zero attached hydrogens (tertiary/aromatic N) is 1. The molecular weight excluding hydrogens is 256 g/mol. The van der Waals surface area contributed by atoms with Crippen LogP contribution in [0.5, 0.6) is 0 Å². The molecule has 2 aromatic rings. The predicted molar refractivity (Wildman–Crippen MR) is 81.4 cm³/mol. The van der Waals surface area contributed by atoms with Crippen LogP contribution >= 0.6 is 11.6 Å². The Bertz CT molecular complexity index is 595. The van der Waals surface area contributed by atoms with Crippen molar-refractivity contribution in [2.75, 3.05) is 18.5 Å². The molecule has 0 fully saturated rings. The molecule has 3 heteroatoms. The van der Waals surface area contributed by atoms with Gasteiger partial charge in [0.15, 0.2) is 0 Å². The zero-order valence-corrected chi connectivity index (χ0v) is 11.7. The Kier molecular flexibility index (Phi) is 3.45. The van der Waals surface area contributed by atoms with E-state index in [1.807, 2.05) is 7.05 Å². The van der Waals surface area contributed by atoms with Gasteiger partial charge < -0.3 is 10.2 Å². The summed E-state index contributed by atoms with van der Waals surface area (Å²) in [6.07, 6.45) is 1.10. The molecule has 0 aliphatic carbocycles. The first-order valence-corrected chi connectivity index (χ1v) is 6.96. The lowest BCUT2D eigenvalue weighted by Crippen LogP contribution is -2.13. The van der Waals surface area contributed by atoms with Gasteiger partial charge in [-0.2, -0.15) is 0 Å². The molecule has 0 aromatic heterocycles. The molecule has 0 bridgehead atoms. The quantitative estimate of drug-likeness (QED) is 0.915. The SMILES string of the molecule is CNCc1ccc(N2CCc3ccccc32)cc1Cl. The number of benzene rings is 2. The highest BCUT2D eigenvalue weighted by molar-refractivity contribution is 6.31. The van der Waals surface area contributed by atoms with Gasteiger partial charge in [0.05, 0.1) is 0 Å². The van der Waals surface area contributed by atoms with E-state index < -0.39 is 0 Å². The topological polar surface area (TPSA) is 15.3 Å². The zero-order chi connectivity index (χ0) is 13.2. The van der Waals surface area contributed by atoms with Crippen molar-refractivity contribution in [2.45, 2.75) is 13.0 Å². The van der Waals surface area contributed by atoms with Crippen molar-refractivity contribution in [3.8, 4) is 0 Å². The van der Waals surface area contributed by atoms with Crippen molar-refractivity contribution >= 4 is 23.0 Å². The molecule has 0 unspecified atom stereocenters. The van der Waals surface area contributed by atoms with Crippen LogP contribution in [0.25, 0.3) is 0 Å². The normalized spacial score (nSPS) is 13.7. The second-order valence-electron chi connectivity index (χ2n) is 4.84. The molecule has 0 saturated carbocycles. The standard InChI is InChI=1S/C16H17ClN2/c1-18-11-13-6-7-14(10-15(13)17)19-9-8-12-4-2-3-5-16(12)19/h2-7,10,18H,8-9,11H2,1H3. The summed E-state index contributed by atoms with van der Waals surface area (Å²) in [6, 6.07) is 14.9. The molecule has 2 nitrogen and oxygen atoms in total. The van der Waals surface area contributed by atoms with Crippen molar-refractivity contribution < 1.29 is 0 Å². The summed E-state index contributed by atoms with van der Waals surface area (Å²) in [4.78, 5) is 2.34. The van der Waals surface area contributed by atoms with Crippen molar-refractivity contribution in [3.05, 3.63) is 58.6 Å². The van der Waals surface area contributed by atoms with Gasteiger partial charge in [0.25, 0.3) is 0 Å². The number of anilines is 2. The van der Waals surface area contributed by atoms with Crippen LogP contribution in [0.3, 0.4) is 0 Å². The summed E-state index contributed by atoms with van der Waals surface area (Å²) in [5.74, 6) is 0. The third-order valence-corrected chi connectivity index (χ3v) is 3.95. The third kappa shape index (κ3) is 2.34. The van der Waals surface area contributed by atoms with E-state index in [4.69, 9.17) is 11.6 Å². The monoisotopic (exact) mass is 272 g/mol. The molecule has 1 aliphatic heterocycles. The van der Waals surface area contributed by atoms with E-state index in [1.54, 1.807) is 0 Å². The fraction of sp³-hybridized carbons (Fsp3) is 0.250. The Balaban J connectivity index is 1.94. The molecule has 0 amide bonds. The molecule has 0 saturated heterocycles. The Labute approximate surface area is 119 Å². The first-order valence-electron chi connectivity index (χ1n) is 6.58. The number of halogens is 1. The van der Waals surface area contributed by atoms with Crippen LogP contribution in [0.1, 0.15) is 11.1 Å². The average Bonchev–Trinajstić information content (AvgIpc) is 2.85. The van der Waals surface area contributed by atoms with E-state index in [0.29, 0.717) is 0 Å². The average molecular weight is 273 g/mol. The summed E-state index contributed by atoms with van der Waals surface area (Å²) in [6.45, 7) is 1.83. The minimum atomic E-state index is 0.801. The van der Waals surface area contributed by atoms with Crippen LogP contribution in [0, 0.1) is 0 Å². The predicted octanol–water partition coefficient (Wildman–Crippen LogP) is 3.75. The molecule has 0 radical (unpaired) electrons. The smallest absolute Gasteiger partial charge is 0.0471 e. The molecule has 1 aliphatic rings. The summed E-state index contributed by atoms with van der Waals surface area (Å²) in [5, 5.41) is 3.96. The molecule has 2 aromatic carbocycles. The summed E-state index contributed by atoms with van der Waals surface area (Å²) in [5.41, 5.74) is 5.04. The minimum Gasteiger partial charge on any atom is -0.341 e. The van der Waals surface area contributed by atoms with E-state index in [9.17, 15) is 0 Å². The number of fused-ring (bicyclic) bond motifs is 1. The van der Waals surface area contributed by atoms with Crippen LogP contribution in [0.4, 0.5) is 11.4 Å². The Morgan fingerprint density at radius 2 is 2.05 bits per heavy atom. The van der Waals surface area contributed by atoms with Gasteiger partial charge in [-0.15, -0.1) is 0 Å². The van der Waals surface area contributed by atoms with Crippen LogP contribution in [0.2, 0.25) is 5.02 Å². The number of para-hydroxylation sites is 1. The molecular formula is C16H17ClN2. The minimum absolute atomic E-state index is 0.801. The van der Waals surface area contributed by atoms with E-state index in [-0.39, 0.29) is 0 Å². The van der Waals surface area contributed by atoms with Gasteiger partial charge in [-0.05, 0) is 42.8 Å². The largest absolute Gasteiger partial charge is 0.341 e. The Morgan fingerprint density at radius 1 is 1.21 bits per heavy atom. The molecule has 1 N–H and O–H groups in total. The van der Waals surface area contributed by atoms with Gasteiger partial charge in [0.1, 0.15) is 0 Å². The number of hydrogen-bond acceptors (Lipinski definition) is 2. The lowest BCUT2D eigenvalue weighted by molar-refractivity contribution is 0.818. The second-order valence-corrected chi connectivity index (χ2v) is 5.24. The van der Waals surface area contributed by atoms with Crippen LogP contribution in [0.15, 0.2) is 42.5 Å². The van der Waals surface area contributed by atoms with Gasteiger partial charge in [0.2, 0.25) is 0 Å². The Hall–Kier alpha value is -1.51. The lowest BCUT2D eigenvalue weighted by atomic mass is 10.1. The number of nitrogens with one attached hydrogen (secondary N) is 1. The van der Waals surface area contributed by atoms with Gasteiger partial charge in [-0.3, -0.25) is 0 Å². The van der Waals surface area contributed by atoms with E-state index in [1.165, 1.54) is 16.9 Å². The van der Waals surface area contributed by atoms with E-state index in [0.717, 1.165) is 30.1 Å². The second kappa shape index (κ2) is 5.24. The molecule has 98 valence electrons. The molecule has 19 heavy (non-hydrogen) atoms. The van der Waals surface area contributed by atoms with Crippen LogP contribution in [-0.2, 0) is 13.0 Å². The zero-order valence-electron chi connectivity index (χ0n) is 11.0. The van der Waals surface area contributed by atoms with Gasteiger partial charge in [-0.1, -0.05) is 35.9 Å². The maximum absolute atomic E-state index is 6.35. The lowest BCUT2D eigenvalue weighted by Gasteiger charge is -2.20. The molecule has 0 spiro atoms. The highest BCUT2D eigenvalue weighted by Gasteiger charge is 2.20. The molecule has 1 heterocycles. The number of rotatable bonds is 3. The van der Waals surface area contributed by atoms with E-state index in [2.05, 4.69) is 52.7 Å². The van der Waals surface area contributed by atoms with Crippen LogP contribution in [-0.4, -0.2) is 13.6 Å². The van der Waals surface area contributed by atoms with Gasteiger partial charge in [-0.25, -0.2) is 0 Å². The fourth-order valence-electron chi connectivity index (χ4n) is 2.64. The Morgan fingerprint density at radius 3 is 2.84 bits per heavy atom. The van der Waals surface area contributed by atoms with Crippen molar-refractivity contribution in [1.29, 1.82) is 0 Å². The van der Waals surface area contributed by atoms with Crippen molar-refractivity contribution in [1.82, 2.24) is 5.32 Å².